The third kappa shape index (κ3) is 5.38. The molecule has 0 spiro atoms. The van der Waals surface area contributed by atoms with Crippen molar-refractivity contribution in [3.05, 3.63) is 41.2 Å². The van der Waals surface area contributed by atoms with E-state index in [2.05, 4.69) is 5.32 Å². The van der Waals surface area contributed by atoms with Gasteiger partial charge in [0.05, 0.1) is 5.56 Å². The number of benzene rings is 1. The molecule has 0 saturated heterocycles. The highest BCUT2D eigenvalue weighted by molar-refractivity contribution is 5.95. The van der Waals surface area contributed by atoms with Gasteiger partial charge < -0.3 is 10.4 Å². The largest absolute Gasteiger partial charge is 0.478 e. The third-order valence-corrected chi connectivity index (χ3v) is 3.36. The SMILES string of the molecule is CCC(CC)CNC(=O)c1cc(/C=C/C(=O)O)ccc1F. The molecular weight excluding hydrogens is 273 g/mol. The maximum Gasteiger partial charge on any atom is 0.328 e. The van der Waals surface area contributed by atoms with E-state index in [1.54, 1.807) is 0 Å². The summed E-state index contributed by atoms with van der Waals surface area (Å²) in [5.74, 6) is -1.83. The second kappa shape index (κ2) is 8.19. The van der Waals surface area contributed by atoms with Crippen LogP contribution in [0, 0.1) is 11.7 Å². The number of carboxylic acids is 1. The summed E-state index contributed by atoms with van der Waals surface area (Å²) in [4.78, 5) is 22.5. The fourth-order valence-electron chi connectivity index (χ4n) is 1.90. The molecule has 0 fully saturated rings. The summed E-state index contributed by atoms with van der Waals surface area (Å²) >= 11 is 0. The lowest BCUT2D eigenvalue weighted by Gasteiger charge is -2.13. The van der Waals surface area contributed by atoms with Crippen LogP contribution < -0.4 is 5.32 Å². The van der Waals surface area contributed by atoms with Crippen LogP contribution in [0.4, 0.5) is 4.39 Å². The maximum absolute atomic E-state index is 13.7. The van der Waals surface area contributed by atoms with Gasteiger partial charge in [-0.1, -0.05) is 32.8 Å². The molecule has 114 valence electrons. The number of hydrogen-bond acceptors (Lipinski definition) is 2. The minimum atomic E-state index is -1.10. The van der Waals surface area contributed by atoms with Crippen molar-refractivity contribution in [2.24, 2.45) is 5.92 Å². The summed E-state index contributed by atoms with van der Waals surface area (Å²) in [7, 11) is 0. The molecule has 1 rings (SSSR count). The average Bonchev–Trinajstić information content (AvgIpc) is 2.47. The van der Waals surface area contributed by atoms with Gasteiger partial charge in [0, 0.05) is 12.6 Å². The Hall–Kier alpha value is -2.17. The summed E-state index contributed by atoms with van der Waals surface area (Å²) in [5, 5.41) is 11.3. The van der Waals surface area contributed by atoms with E-state index >= 15 is 0 Å². The Morgan fingerprint density at radius 2 is 2.00 bits per heavy atom. The first-order chi connectivity index (χ1) is 9.97. The summed E-state index contributed by atoms with van der Waals surface area (Å²) in [6.45, 7) is 4.58. The lowest BCUT2D eigenvalue weighted by atomic mass is 10.0. The van der Waals surface area contributed by atoms with E-state index in [9.17, 15) is 14.0 Å². The van der Waals surface area contributed by atoms with E-state index in [-0.39, 0.29) is 5.56 Å². The van der Waals surface area contributed by atoms with Crippen molar-refractivity contribution in [3.63, 3.8) is 0 Å². The van der Waals surface area contributed by atoms with Crippen LogP contribution in [0.1, 0.15) is 42.6 Å². The first-order valence-corrected chi connectivity index (χ1v) is 6.96. The van der Waals surface area contributed by atoms with Gasteiger partial charge in [-0.2, -0.15) is 0 Å². The van der Waals surface area contributed by atoms with Gasteiger partial charge in [0.25, 0.3) is 5.91 Å². The van der Waals surface area contributed by atoms with Gasteiger partial charge in [-0.15, -0.1) is 0 Å². The Balaban J connectivity index is 2.83. The van der Waals surface area contributed by atoms with E-state index in [1.807, 2.05) is 13.8 Å². The Morgan fingerprint density at radius 1 is 1.33 bits per heavy atom. The zero-order valence-corrected chi connectivity index (χ0v) is 12.2. The smallest absolute Gasteiger partial charge is 0.328 e. The summed E-state index contributed by atoms with van der Waals surface area (Å²) in [5.41, 5.74) is 0.389. The van der Waals surface area contributed by atoms with Crippen LogP contribution >= 0.6 is 0 Å². The van der Waals surface area contributed by atoms with Gasteiger partial charge in [-0.05, 0) is 29.7 Å². The van der Waals surface area contributed by atoms with Crippen LogP contribution in [0.25, 0.3) is 6.08 Å². The van der Waals surface area contributed by atoms with Crippen LogP contribution in [0.2, 0.25) is 0 Å². The van der Waals surface area contributed by atoms with Gasteiger partial charge >= 0.3 is 5.97 Å². The summed E-state index contributed by atoms with van der Waals surface area (Å²) in [6.07, 6.45) is 4.15. The molecule has 0 unspecified atom stereocenters. The lowest BCUT2D eigenvalue weighted by molar-refractivity contribution is -0.131. The summed E-state index contributed by atoms with van der Waals surface area (Å²) < 4.78 is 13.7. The quantitative estimate of drug-likeness (QED) is 0.759. The molecule has 21 heavy (non-hydrogen) atoms. The number of amides is 1. The molecule has 1 aromatic carbocycles. The van der Waals surface area contributed by atoms with Crippen LogP contribution in [0.15, 0.2) is 24.3 Å². The number of hydrogen-bond donors (Lipinski definition) is 2. The fraction of sp³-hybridized carbons (Fsp3) is 0.375. The van der Waals surface area contributed by atoms with E-state index in [0.29, 0.717) is 18.0 Å². The van der Waals surface area contributed by atoms with Crippen LogP contribution in [-0.4, -0.2) is 23.5 Å². The zero-order valence-electron chi connectivity index (χ0n) is 12.2. The highest BCUT2D eigenvalue weighted by Crippen LogP contribution is 2.13. The van der Waals surface area contributed by atoms with Crippen molar-refractivity contribution < 1.29 is 19.1 Å². The van der Waals surface area contributed by atoms with Gasteiger partial charge in [0.2, 0.25) is 0 Å². The molecule has 0 atom stereocenters. The molecule has 1 amide bonds. The van der Waals surface area contributed by atoms with Crippen molar-refractivity contribution in [2.75, 3.05) is 6.54 Å². The second-order valence-corrected chi connectivity index (χ2v) is 4.80. The normalized spacial score (nSPS) is 11.0. The molecular formula is C16H20FNO3. The van der Waals surface area contributed by atoms with Crippen molar-refractivity contribution in [1.29, 1.82) is 0 Å². The number of halogens is 1. The van der Waals surface area contributed by atoms with E-state index in [0.717, 1.165) is 25.0 Å². The first-order valence-electron chi connectivity index (χ1n) is 6.96. The topological polar surface area (TPSA) is 66.4 Å². The van der Waals surface area contributed by atoms with E-state index in [4.69, 9.17) is 5.11 Å². The monoisotopic (exact) mass is 293 g/mol. The number of rotatable bonds is 7. The van der Waals surface area contributed by atoms with Crippen molar-refractivity contribution in [3.8, 4) is 0 Å². The maximum atomic E-state index is 13.7. The Morgan fingerprint density at radius 3 is 2.57 bits per heavy atom. The average molecular weight is 293 g/mol. The van der Waals surface area contributed by atoms with E-state index < -0.39 is 17.7 Å². The van der Waals surface area contributed by atoms with Gasteiger partial charge in [0.15, 0.2) is 0 Å². The highest BCUT2D eigenvalue weighted by atomic mass is 19.1. The van der Waals surface area contributed by atoms with Crippen LogP contribution in [0.5, 0.6) is 0 Å². The molecule has 1 aromatic rings. The third-order valence-electron chi connectivity index (χ3n) is 3.36. The molecule has 0 bridgehead atoms. The van der Waals surface area contributed by atoms with Crippen LogP contribution in [-0.2, 0) is 4.79 Å². The van der Waals surface area contributed by atoms with Crippen LogP contribution in [0.3, 0.4) is 0 Å². The number of carbonyl (C=O) groups is 2. The molecule has 0 saturated carbocycles. The molecule has 5 heteroatoms. The van der Waals surface area contributed by atoms with Gasteiger partial charge in [-0.3, -0.25) is 4.79 Å². The predicted octanol–water partition coefficient (Wildman–Crippen LogP) is 3.09. The lowest BCUT2D eigenvalue weighted by Crippen LogP contribution is -2.29. The zero-order chi connectivity index (χ0) is 15.8. The number of aliphatic carboxylic acids is 1. The molecule has 0 radical (unpaired) electrons. The first kappa shape index (κ1) is 16.9. The molecule has 0 aliphatic carbocycles. The number of carboxylic acid groups (broad SMARTS) is 1. The molecule has 0 aliphatic rings. The molecule has 0 aliphatic heterocycles. The number of nitrogens with one attached hydrogen (secondary N) is 1. The molecule has 0 aromatic heterocycles. The Bertz CT molecular complexity index is 536. The molecule has 2 N–H and O–H groups in total. The van der Waals surface area contributed by atoms with Gasteiger partial charge in [0.1, 0.15) is 5.82 Å². The minimum absolute atomic E-state index is 0.0755. The van der Waals surface area contributed by atoms with E-state index in [1.165, 1.54) is 18.2 Å². The molecule has 0 heterocycles. The highest BCUT2D eigenvalue weighted by Gasteiger charge is 2.13. The van der Waals surface area contributed by atoms with Gasteiger partial charge in [-0.25, -0.2) is 9.18 Å². The minimum Gasteiger partial charge on any atom is -0.478 e. The number of carbonyl (C=O) groups excluding carboxylic acids is 1. The Kier molecular flexibility index (Phi) is 6.59. The molecule has 4 nitrogen and oxygen atoms in total. The predicted molar refractivity (Wildman–Crippen MR) is 79.5 cm³/mol. The second-order valence-electron chi connectivity index (χ2n) is 4.80. The standard InChI is InChI=1S/C16H20FNO3/c1-3-11(4-2)10-18-16(21)13-9-12(5-7-14(13)17)6-8-15(19)20/h5-9,11H,3-4,10H2,1-2H3,(H,18,21)(H,19,20)/b8-6+. The van der Waals surface area contributed by atoms with Crippen molar-refractivity contribution in [1.82, 2.24) is 5.32 Å². The van der Waals surface area contributed by atoms with Crippen molar-refractivity contribution >= 4 is 18.0 Å². The summed E-state index contributed by atoms with van der Waals surface area (Å²) in [6, 6.07) is 3.93. The fourth-order valence-corrected chi connectivity index (χ4v) is 1.90. The Labute approximate surface area is 123 Å². The van der Waals surface area contributed by atoms with Crippen molar-refractivity contribution in [2.45, 2.75) is 26.7 Å².